The summed E-state index contributed by atoms with van der Waals surface area (Å²) in [6.45, 7) is 2.35. The summed E-state index contributed by atoms with van der Waals surface area (Å²) in [6.07, 6.45) is 0.0314. The third kappa shape index (κ3) is 8.25. The quantitative estimate of drug-likeness (QED) is 0.216. The predicted molar refractivity (Wildman–Crippen MR) is 134 cm³/mol. The number of nitrogen functional groups attached to an aromatic ring is 1. The Morgan fingerprint density at radius 1 is 1.14 bits per heavy atom. The highest BCUT2D eigenvalue weighted by Gasteiger charge is 2.24. The van der Waals surface area contributed by atoms with Gasteiger partial charge in [0.1, 0.15) is 23.2 Å². The number of pyridine rings is 1. The molecule has 3 rings (SSSR count). The number of hydrogen-bond donors (Lipinski definition) is 5. The second-order valence-electron chi connectivity index (χ2n) is 7.50. The Morgan fingerprint density at radius 3 is 2.27 bits per heavy atom. The number of aliphatic carboxylic acids is 1. The molecule has 0 aliphatic carbocycles. The number of nitrogens with zero attached hydrogens (tertiary/aromatic N) is 1. The molecule has 0 bridgehead atoms. The second kappa shape index (κ2) is 13.5. The summed E-state index contributed by atoms with van der Waals surface area (Å²) in [5, 5.41) is 20.1. The molecule has 12 heteroatoms. The number of carbonyl (C=O) groups is 2. The molecule has 0 aliphatic heterocycles. The van der Waals surface area contributed by atoms with Gasteiger partial charge in [-0.1, -0.05) is 18.2 Å². The lowest BCUT2D eigenvalue weighted by Crippen LogP contribution is -2.39. The molecule has 1 atom stereocenters. The average Bonchev–Trinajstić information content (AvgIpc) is 2.83. The Bertz CT molecular complexity index is 1290. The van der Waals surface area contributed by atoms with E-state index in [0.717, 1.165) is 23.6 Å². The maximum Gasteiger partial charge on any atom is 0.300 e. The van der Waals surface area contributed by atoms with Crippen molar-refractivity contribution in [1.29, 1.82) is 5.41 Å². The number of anilines is 2. The van der Waals surface area contributed by atoms with Gasteiger partial charge in [0.25, 0.3) is 17.4 Å². The van der Waals surface area contributed by atoms with Crippen LogP contribution in [0.4, 0.5) is 20.2 Å². The number of rotatable bonds is 9. The fraction of sp³-hybridized carbons (Fsp3) is 0.200. The summed E-state index contributed by atoms with van der Waals surface area (Å²) in [5.41, 5.74) is 5.14. The number of carbonyl (C=O) groups excluding carboxylic acids is 1. The molecule has 1 unspecified atom stereocenters. The predicted octanol–water partition coefficient (Wildman–Crippen LogP) is 3.10. The number of hydrogen-bond acceptors (Lipinski definition) is 6. The molecular weight excluding hydrogens is 488 g/mol. The first-order valence-electron chi connectivity index (χ1n) is 11.0. The Labute approximate surface area is 211 Å². The van der Waals surface area contributed by atoms with Crippen molar-refractivity contribution in [2.45, 2.75) is 26.6 Å². The highest BCUT2D eigenvalue weighted by molar-refractivity contribution is 5.95. The monoisotopic (exact) mass is 515 g/mol. The van der Waals surface area contributed by atoms with E-state index in [0.29, 0.717) is 5.69 Å². The van der Waals surface area contributed by atoms with Crippen molar-refractivity contribution in [3.05, 3.63) is 93.9 Å². The van der Waals surface area contributed by atoms with Crippen LogP contribution < -0.4 is 21.9 Å². The third-order valence-electron chi connectivity index (χ3n) is 4.72. The van der Waals surface area contributed by atoms with E-state index in [1.165, 1.54) is 6.20 Å². The van der Waals surface area contributed by atoms with Crippen LogP contribution in [-0.4, -0.2) is 34.0 Å². The number of halogens is 2. The first-order chi connectivity index (χ1) is 17.5. The number of para-hydroxylation sites is 1. The van der Waals surface area contributed by atoms with Crippen LogP contribution in [0.3, 0.4) is 0 Å². The average molecular weight is 516 g/mol. The lowest BCUT2D eigenvalue weighted by molar-refractivity contribution is -0.139. The third-order valence-corrected chi connectivity index (χ3v) is 4.72. The van der Waals surface area contributed by atoms with Crippen LogP contribution in [0.2, 0.25) is 0 Å². The zero-order chi connectivity index (χ0) is 27.5. The molecule has 1 amide bonds. The standard InChI is InChI=1S/C23H23F2N5O3.C2H4O2/c1-2-33-23(21(31)28-13-16-17(24)11-14(20(26)27)12-18(16)25)30-10-6-9-19(22(30)32)29-15-7-4-3-5-8-15;1-2(3)4/h3-12,23,29H,2,13H2,1H3,(H3,26,27)(H,28,31);1H3,(H,3,4). The van der Waals surface area contributed by atoms with Gasteiger partial charge in [-0.2, -0.15) is 0 Å². The minimum Gasteiger partial charge on any atom is -0.481 e. The molecule has 0 radical (unpaired) electrons. The van der Waals surface area contributed by atoms with Crippen molar-refractivity contribution in [3.8, 4) is 0 Å². The number of carboxylic acids is 1. The molecule has 1 aromatic heterocycles. The van der Waals surface area contributed by atoms with E-state index < -0.39 is 53.2 Å². The molecule has 10 nitrogen and oxygen atoms in total. The zero-order valence-corrected chi connectivity index (χ0v) is 20.1. The van der Waals surface area contributed by atoms with Crippen molar-refractivity contribution in [2.75, 3.05) is 11.9 Å². The normalized spacial score (nSPS) is 11.0. The molecule has 0 saturated heterocycles. The van der Waals surface area contributed by atoms with Crippen molar-refractivity contribution in [1.82, 2.24) is 9.88 Å². The van der Waals surface area contributed by atoms with Crippen LogP contribution in [0.15, 0.2) is 65.6 Å². The fourth-order valence-corrected chi connectivity index (χ4v) is 3.10. The van der Waals surface area contributed by atoms with Gasteiger partial charge in [-0.15, -0.1) is 0 Å². The van der Waals surface area contributed by atoms with Gasteiger partial charge in [0.15, 0.2) is 0 Å². The summed E-state index contributed by atoms with van der Waals surface area (Å²) in [5.74, 6) is -3.99. The lowest BCUT2D eigenvalue weighted by atomic mass is 10.1. The topological polar surface area (TPSA) is 160 Å². The molecule has 1 heterocycles. The zero-order valence-electron chi connectivity index (χ0n) is 20.1. The Balaban J connectivity index is 0.00000112. The summed E-state index contributed by atoms with van der Waals surface area (Å²) in [7, 11) is 0. The van der Waals surface area contributed by atoms with Crippen LogP contribution >= 0.6 is 0 Å². The number of nitrogens with two attached hydrogens (primary N) is 1. The van der Waals surface area contributed by atoms with Crippen LogP contribution in [-0.2, 0) is 20.9 Å². The van der Waals surface area contributed by atoms with Crippen LogP contribution in [0.1, 0.15) is 31.2 Å². The molecular formula is C25H27F2N5O5. The van der Waals surface area contributed by atoms with Gasteiger partial charge in [0, 0.05) is 43.1 Å². The van der Waals surface area contributed by atoms with E-state index in [2.05, 4.69) is 10.6 Å². The largest absolute Gasteiger partial charge is 0.481 e. The smallest absolute Gasteiger partial charge is 0.300 e. The molecule has 3 aromatic rings. The van der Waals surface area contributed by atoms with Crippen molar-refractivity contribution < 1.29 is 28.2 Å². The Kier molecular flexibility index (Phi) is 10.5. The Morgan fingerprint density at radius 2 is 1.73 bits per heavy atom. The number of amides is 1. The van der Waals surface area contributed by atoms with Gasteiger partial charge in [-0.3, -0.25) is 24.4 Å². The molecule has 2 aromatic carbocycles. The second-order valence-corrected chi connectivity index (χ2v) is 7.50. The van der Waals surface area contributed by atoms with Gasteiger partial charge >= 0.3 is 0 Å². The van der Waals surface area contributed by atoms with E-state index in [1.807, 2.05) is 18.2 Å². The summed E-state index contributed by atoms with van der Waals surface area (Å²) >= 11 is 0. The van der Waals surface area contributed by atoms with E-state index >= 15 is 0 Å². The van der Waals surface area contributed by atoms with E-state index in [1.54, 1.807) is 31.2 Å². The number of aromatic nitrogens is 1. The van der Waals surface area contributed by atoms with Gasteiger partial charge in [0.05, 0.1) is 0 Å². The first-order valence-corrected chi connectivity index (χ1v) is 11.0. The summed E-state index contributed by atoms with van der Waals surface area (Å²) in [4.78, 5) is 34.8. The highest BCUT2D eigenvalue weighted by Crippen LogP contribution is 2.17. The SMILES string of the molecule is CC(=O)O.CCOC(C(=O)NCc1c(F)cc(C(=N)N)cc1F)n1cccc(Nc2ccccc2)c1=O. The minimum absolute atomic E-state index is 0.108. The maximum atomic E-state index is 14.3. The molecule has 0 aliphatic rings. The molecule has 0 saturated carbocycles. The van der Waals surface area contributed by atoms with Gasteiger partial charge in [-0.25, -0.2) is 8.78 Å². The lowest BCUT2D eigenvalue weighted by Gasteiger charge is -2.20. The van der Waals surface area contributed by atoms with E-state index in [4.69, 9.17) is 25.8 Å². The van der Waals surface area contributed by atoms with E-state index in [-0.39, 0.29) is 17.9 Å². The van der Waals surface area contributed by atoms with Gasteiger partial charge in [0.2, 0.25) is 6.23 Å². The minimum atomic E-state index is -1.36. The fourth-order valence-electron chi connectivity index (χ4n) is 3.10. The van der Waals surface area contributed by atoms with Crippen LogP contribution in [0.25, 0.3) is 0 Å². The number of amidine groups is 1. The molecule has 196 valence electrons. The summed E-state index contributed by atoms with van der Waals surface area (Å²) in [6, 6.07) is 14.0. The van der Waals surface area contributed by atoms with Crippen LogP contribution in [0.5, 0.6) is 0 Å². The van der Waals surface area contributed by atoms with Crippen molar-refractivity contribution >= 4 is 29.1 Å². The number of ether oxygens (including phenoxy) is 1. The first kappa shape index (κ1) is 28.7. The number of carboxylic acid groups (broad SMARTS) is 1. The molecule has 0 spiro atoms. The van der Waals surface area contributed by atoms with Crippen molar-refractivity contribution in [3.63, 3.8) is 0 Å². The highest BCUT2D eigenvalue weighted by atomic mass is 19.1. The molecule has 6 N–H and O–H groups in total. The molecule has 0 fully saturated rings. The van der Waals surface area contributed by atoms with E-state index in [9.17, 15) is 18.4 Å². The van der Waals surface area contributed by atoms with Crippen molar-refractivity contribution in [2.24, 2.45) is 5.73 Å². The van der Waals surface area contributed by atoms with Crippen LogP contribution in [0, 0.1) is 17.0 Å². The van der Waals surface area contributed by atoms with Gasteiger partial charge < -0.3 is 26.2 Å². The Hall–Kier alpha value is -4.58. The maximum absolute atomic E-state index is 14.3. The summed E-state index contributed by atoms with van der Waals surface area (Å²) < 4.78 is 35.1. The number of benzene rings is 2. The van der Waals surface area contributed by atoms with Gasteiger partial charge in [-0.05, 0) is 43.3 Å². The number of nitrogens with one attached hydrogen (secondary N) is 3. The molecule has 37 heavy (non-hydrogen) atoms.